The highest BCUT2D eigenvalue weighted by atomic mass is 32.1. The first kappa shape index (κ1) is 35.9. The van der Waals surface area contributed by atoms with Crippen molar-refractivity contribution in [3.8, 4) is 22.3 Å². The summed E-state index contributed by atoms with van der Waals surface area (Å²) in [6.45, 7) is 0. The highest BCUT2D eigenvalue weighted by Gasteiger charge is 2.46. The maximum absolute atomic E-state index is 2.48. The third-order valence-electron chi connectivity index (χ3n) is 13.5. The summed E-state index contributed by atoms with van der Waals surface area (Å²) in [6, 6.07) is 87.9. The molecule has 0 spiro atoms. The number of rotatable bonds is 6. The Morgan fingerprint density at radius 1 is 0.333 bits per heavy atom. The Morgan fingerprint density at radius 2 is 0.873 bits per heavy atom. The monoisotopic (exact) mass is 817 g/mol. The zero-order valence-corrected chi connectivity index (χ0v) is 35.2. The van der Waals surface area contributed by atoms with E-state index >= 15 is 0 Å². The second-order valence-corrected chi connectivity index (χ2v) is 17.9. The fourth-order valence-electron chi connectivity index (χ4n) is 10.6. The minimum atomic E-state index is -0.452. The standard InChI is InChI=1S/C61H39NS/c1-3-19-46(20-4-1)61(47-21-5-2-6-22-47)56-26-14-13-23-50(56)51-33-29-45(38-57(51)61)44-30-34-59-54(37-44)55-39-58(52-24-11-12-25-53(52)60(55)63-59)62(48-31-27-40-15-7-9-17-42(40)35-48)49-32-28-41-16-8-10-18-43(41)36-49/h1-39H. The predicted molar refractivity (Wildman–Crippen MR) is 269 cm³/mol. The average Bonchev–Trinajstić information content (AvgIpc) is 3.88. The van der Waals surface area contributed by atoms with Crippen LogP contribution in [0.25, 0.3) is 74.7 Å². The molecule has 0 aliphatic heterocycles. The van der Waals surface area contributed by atoms with Crippen molar-refractivity contribution < 1.29 is 0 Å². The molecular formula is C61H39NS. The lowest BCUT2D eigenvalue weighted by Gasteiger charge is -2.34. The number of fused-ring (bicyclic) bond motifs is 10. The fraction of sp³-hybridized carbons (Fsp3) is 0.0164. The van der Waals surface area contributed by atoms with Gasteiger partial charge in [0.25, 0.3) is 0 Å². The molecule has 1 aliphatic rings. The second kappa shape index (κ2) is 14.1. The van der Waals surface area contributed by atoms with Crippen LogP contribution >= 0.6 is 11.3 Å². The molecule has 13 rings (SSSR count). The number of anilines is 3. The molecule has 63 heavy (non-hydrogen) atoms. The molecule has 1 aliphatic carbocycles. The van der Waals surface area contributed by atoms with E-state index in [2.05, 4.69) is 241 Å². The van der Waals surface area contributed by atoms with Crippen LogP contribution in [0.1, 0.15) is 22.3 Å². The SMILES string of the molecule is c1ccc(C2(c3ccccc3)c3ccccc3-c3ccc(-c4ccc5sc6c7ccccc7c(N(c7ccc8ccccc8c7)c7ccc8ccccc8c7)cc6c5c4)cc32)cc1. The molecule has 0 N–H and O–H groups in total. The summed E-state index contributed by atoms with van der Waals surface area (Å²) in [6.07, 6.45) is 0. The molecule has 0 radical (unpaired) electrons. The second-order valence-electron chi connectivity index (χ2n) is 16.8. The number of hydrogen-bond donors (Lipinski definition) is 0. The average molecular weight is 818 g/mol. The topological polar surface area (TPSA) is 3.24 Å². The minimum Gasteiger partial charge on any atom is -0.310 e. The van der Waals surface area contributed by atoms with E-state index in [-0.39, 0.29) is 0 Å². The molecule has 0 amide bonds. The first-order chi connectivity index (χ1) is 31.2. The number of nitrogens with zero attached hydrogens (tertiary/aromatic N) is 1. The zero-order valence-electron chi connectivity index (χ0n) is 34.4. The molecule has 12 aromatic rings. The summed E-state index contributed by atoms with van der Waals surface area (Å²) < 4.78 is 2.60. The van der Waals surface area contributed by atoms with Gasteiger partial charge in [0, 0.05) is 42.3 Å². The summed E-state index contributed by atoms with van der Waals surface area (Å²) in [5, 5.41) is 9.95. The lowest BCUT2D eigenvalue weighted by Crippen LogP contribution is -2.28. The Kier molecular flexibility index (Phi) is 8.06. The van der Waals surface area contributed by atoms with Gasteiger partial charge in [-0.1, -0.05) is 188 Å². The van der Waals surface area contributed by atoms with Gasteiger partial charge in [0.2, 0.25) is 0 Å². The normalized spacial score (nSPS) is 12.9. The number of hydrogen-bond acceptors (Lipinski definition) is 2. The van der Waals surface area contributed by atoms with Gasteiger partial charge in [0.05, 0.1) is 11.1 Å². The van der Waals surface area contributed by atoms with Gasteiger partial charge in [-0.2, -0.15) is 0 Å². The van der Waals surface area contributed by atoms with E-state index in [4.69, 9.17) is 0 Å². The Morgan fingerprint density at radius 3 is 1.56 bits per heavy atom. The van der Waals surface area contributed by atoms with Crippen molar-refractivity contribution >= 4 is 80.9 Å². The summed E-state index contributed by atoms with van der Waals surface area (Å²) in [5.74, 6) is 0. The quantitative estimate of drug-likeness (QED) is 0.162. The van der Waals surface area contributed by atoms with E-state index in [0.29, 0.717) is 0 Å². The Labute approximate surface area is 370 Å². The van der Waals surface area contributed by atoms with E-state index in [1.165, 1.54) is 103 Å². The van der Waals surface area contributed by atoms with E-state index in [1.807, 2.05) is 11.3 Å². The molecule has 294 valence electrons. The van der Waals surface area contributed by atoms with Gasteiger partial charge in [0.1, 0.15) is 0 Å². The van der Waals surface area contributed by atoms with Crippen LogP contribution in [0, 0.1) is 0 Å². The van der Waals surface area contributed by atoms with Crippen LogP contribution in [0.5, 0.6) is 0 Å². The summed E-state index contributed by atoms with van der Waals surface area (Å²) in [5.41, 5.74) is 13.2. The van der Waals surface area contributed by atoms with Crippen molar-refractivity contribution in [2.45, 2.75) is 5.41 Å². The van der Waals surface area contributed by atoms with Gasteiger partial charge in [0.15, 0.2) is 0 Å². The summed E-state index contributed by atoms with van der Waals surface area (Å²) >= 11 is 1.90. The minimum absolute atomic E-state index is 0.452. The van der Waals surface area contributed by atoms with Gasteiger partial charge < -0.3 is 4.90 Å². The van der Waals surface area contributed by atoms with Crippen molar-refractivity contribution in [1.29, 1.82) is 0 Å². The van der Waals surface area contributed by atoms with Gasteiger partial charge in [-0.3, -0.25) is 0 Å². The first-order valence-electron chi connectivity index (χ1n) is 21.7. The molecule has 0 atom stereocenters. The molecule has 0 fully saturated rings. The molecule has 0 unspecified atom stereocenters. The van der Waals surface area contributed by atoms with Crippen LogP contribution in [0.4, 0.5) is 17.1 Å². The van der Waals surface area contributed by atoms with E-state index in [9.17, 15) is 0 Å². The fourth-order valence-corrected chi connectivity index (χ4v) is 11.8. The van der Waals surface area contributed by atoms with Gasteiger partial charge >= 0.3 is 0 Å². The van der Waals surface area contributed by atoms with E-state index in [0.717, 1.165) is 11.4 Å². The first-order valence-corrected chi connectivity index (χ1v) is 22.6. The van der Waals surface area contributed by atoms with Crippen molar-refractivity contribution in [3.63, 3.8) is 0 Å². The van der Waals surface area contributed by atoms with Crippen molar-refractivity contribution in [2.24, 2.45) is 0 Å². The molecule has 0 saturated heterocycles. The van der Waals surface area contributed by atoms with Crippen LogP contribution in [0.15, 0.2) is 237 Å². The number of benzene rings is 11. The summed E-state index contributed by atoms with van der Waals surface area (Å²) in [4.78, 5) is 2.47. The van der Waals surface area contributed by atoms with Crippen molar-refractivity contribution in [2.75, 3.05) is 4.90 Å². The maximum atomic E-state index is 2.48. The zero-order chi connectivity index (χ0) is 41.5. The van der Waals surface area contributed by atoms with E-state index in [1.54, 1.807) is 0 Å². The third-order valence-corrected chi connectivity index (χ3v) is 14.7. The molecule has 1 nitrogen and oxygen atoms in total. The van der Waals surface area contributed by atoms with E-state index < -0.39 is 5.41 Å². The Bertz CT molecular complexity index is 3630. The number of thiophene rings is 1. The van der Waals surface area contributed by atoms with Crippen LogP contribution in [0.2, 0.25) is 0 Å². The molecule has 0 saturated carbocycles. The molecular weight excluding hydrogens is 779 g/mol. The van der Waals surface area contributed by atoms with Crippen LogP contribution in [-0.4, -0.2) is 0 Å². The van der Waals surface area contributed by atoms with Crippen molar-refractivity contribution in [3.05, 3.63) is 259 Å². The predicted octanol–water partition coefficient (Wildman–Crippen LogP) is 17.0. The van der Waals surface area contributed by atoms with Crippen LogP contribution in [-0.2, 0) is 5.41 Å². The van der Waals surface area contributed by atoms with Crippen LogP contribution < -0.4 is 4.90 Å². The Hall–Kier alpha value is -7.78. The third kappa shape index (κ3) is 5.48. The highest BCUT2D eigenvalue weighted by Crippen LogP contribution is 2.57. The molecule has 1 heterocycles. The highest BCUT2D eigenvalue weighted by molar-refractivity contribution is 7.26. The van der Waals surface area contributed by atoms with Gasteiger partial charge in [-0.05, 0) is 115 Å². The molecule has 1 aromatic heterocycles. The smallest absolute Gasteiger partial charge is 0.0713 e. The Balaban J connectivity index is 1.04. The van der Waals surface area contributed by atoms with Gasteiger partial charge in [-0.15, -0.1) is 11.3 Å². The van der Waals surface area contributed by atoms with Crippen molar-refractivity contribution in [1.82, 2.24) is 0 Å². The molecule has 0 bridgehead atoms. The maximum Gasteiger partial charge on any atom is 0.0713 e. The lowest BCUT2D eigenvalue weighted by atomic mass is 9.67. The summed E-state index contributed by atoms with van der Waals surface area (Å²) in [7, 11) is 0. The lowest BCUT2D eigenvalue weighted by molar-refractivity contribution is 0.769. The van der Waals surface area contributed by atoms with Gasteiger partial charge in [-0.25, -0.2) is 0 Å². The van der Waals surface area contributed by atoms with Crippen LogP contribution in [0.3, 0.4) is 0 Å². The largest absolute Gasteiger partial charge is 0.310 e. The molecule has 11 aromatic carbocycles. The molecule has 2 heteroatoms.